The van der Waals surface area contributed by atoms with Crippen molar-refractivity contribution in [1.29, 1.82) is 0 Å². The summed E-state index contributed by atoms with van der Waals surface area (Å²) in [5.41, 5.74) is 1.46. The number of likely N-dealkylation sites (tertiary alicyclic amines) is 1. The zero-order valence-corrected chi connectivity index (χ0v) is 20.6. The maximum atomic E-state index is 13.0. The summed E-state index contributed by atoms with van der Waals surface area (Å²) < 4.78 is 32.4. The van der Waals surface area contributed by atoms with E-state index in [1.165, 1.54) is 16.8 Å². The third kappa shape index (κ3) is 6.13. The van der Waals surface area contributed by atoms with Gasteiger partial charge in [-0.1, -0.05) is 38.5 Å². The lowest BCUT2D eigenvalue weighted by Crippen LogP contribution is -2.40. The van der Waals surface area contributed by atoms with Crippen LogP contribution in [0.15, 0.2) is 53.4 Å². The Morgan fingerprint density at radius 3 is 2.33 bits per heavy atom. The number of methoxy groups -OCH3 is 1. The third-order valence-electron chi connectivity index (χ3n) is 6.23. The summed E-state index contributed by atoms with van der Waals surface area (Å²) in [4.78, 5) is 15.5. The largest absolute Gasteiger partial charge is 0.497 e. The lowest BCUT2D eigenvalue weighted by atomic mass is 10.0. The number of ether oxygens (including phenoxy) is 1. The molecule has 0 saturated carbocycles. The molecule has 33 heavy (non-hydrogen) atoms. The normalized spacial score (nSPS) is 15.9. The number of benzene rings is 2. The van der Waals surface area contributed by atoms with Crippen LogP contribution in [-0.2, 0) is 10.0 Å². The molecular formula is C25H35N3O4S. The highest BCUT2D eigenvalue weighted by Gasteiger charge is 2.25. The van der Waals surface area contributed by atoms with Gasteiger partial charge in [-0.25, -0.2) is 8.42 Å². The van der Waals surface area contributed by atoms with Gasteiger partial charge in [0.05, 0.1) is 18.0 Å². The lowest BCUT2D eigenvalue weighted by molar-refractivity contribution is 0.0924. The number of sulfonamides is 1. The minimum Gasteiger partial charge on any atom is -0.497 e. The van der Waals surface area contributed by atoms with E-state index in [0.29, 0.717) is 25.2 Å². The number of hydrogen-bond acceptors (Lipinski definition) is 5. The van der Waals surface area contributed by atoms with E-state index < -0.39 is 10.0 Å². The average Bonchev–Trinajstić information content (AvgIpc) is 2.85. The number of nitrogens with zero attached hydrogens (tertiary/aromatic N) is 2. The highest BCUT2D eigenvalue weighted by Crippen LogP contribution is 2.26. The molecule has 3 rings (SSSR count). The molecule has 2 aromatic carbocycles. The Hall–Kier alpha value is -2.42. The fraction of sp³-hybridized carbons (Fsp3) is 0.480. The molecule has 2 aromatic rings. The second-order valence-corrected chi connectivity index (χ2v) is 10.2. The topological polar surface area (TPSA) is 79.0 Å². The van der Waals surface area contributed by atoms with Crippen molar-refractivity contribution in [1.82, 2.24) is 14.5 Å². The summed E-state index contributed by atoms with van der Waals surface area (Å²) in [5.74, 6) is 0.522. The SMILES string of the molecule is CCN(CC)S(=O)(=O)c1cccc(C(=O)NCC(c2ccc(OC)cc2)N2CCCCC2)c1. The van der Waals surface area contributed by atoms with Crippen molar-refractivity contribution in [2.24, 2.45) is 0 Å². The monoisotopic (exact) mass is 473 g/mol. The molecule has 0 radical (unpaired) electrons. The fourth-order valence-electron chi connectivity index (χ4n) is 4.32. The zero-order valence-electron chi connectivity index (χ0n) is 19.8. The molecule has 1 fully saturated rings. The Morgan fingerprint density at radius 2 is 1.73 bits per heavy atom. The van der Waals surface area contributed by atoms with E-state index in [4.69, 9.17) is 4.74 Å². The number of carbonyl (C=O) groups excluding carboxylic acids is 1. The van der Waals surface area contributed by atoms with Gasteiger partial charge < -0.3 is 10.1 Å². The molecule has 1 N–H and O–H groups in total. The van der Waals surface area contributed by atoms with Crippen LogP contribution in [0.2, 0.25) is 0 Å². The summed E-state index contributed by atoms with van der Waals surface area (Å²) in [5, 5.41) is 3.04. The molecule has 1 saturated heterocycles. The van der Waals surface area contributed by atoms with Gasteiger partial charge in [0.25, 0.3) is 5.91 Å². The number of hydrogen-bond donors (Lipinski definition) is 1. The number of amides is 1. The van der Waals surface area contributed by atoms with E-state index in [1.807, 2.05) is 24.3 Å². The van der Waals surface area contributed by atoms with Crippen molar-refractivity contribution in [3.63, 3.8) is 0 Å². The van der Waals surface area contributed by atoms with Crippen molar-refractivity contribution in [2.75, 3.05) is 39.8 Å². The van der Waals surface area contributed by atoms with Crippen LogP contribution in [0, 0.1) is 0 Å². The Kier molecular flexibility index (Phi) is 8.88. The molecule has 1 heterocycles. The Labute approximate surface area is 197 Å². The van der Waals surface area contributed by atoms with Gasteiger partial charge in [-0.15, -0.1) is 0 Å². The number of carbonyl (C=O) groups is 1. The van der Waals surface area contributed by atoms with Crippen molar-refractivity contribution < 1.29 is 17.9 Å². The standard InChI is InChI=1S/C25H35N3O4S/c1-4-28(5-2)33(30,31)23-11-9-10-21(18-23)25(29)26-19-24(27-16-7-6-8-17-27)20-12-14-22(32-3)15-13-20/h9-15,18,24H,4-8,16-17,19H2,1-3H3,(H,26,29). The molecule has 0 aliphatic carbocycles. The van der Waals surface area contributed by atoms with E-state index in [2.05, 4.69) is 10.2 Å². The molecule has 7 nitrogen and oxygen atoms in total. The summed E-state index contributed by atoms with van der Waals surface area (Å²) in [6.07, 6.45) is 3.52. The maximum Gasteiger partial charge on any atom is 0.251 e. The van der Waals surface area contributed by atoms with Crippen molar-refractivity contribution in [3.05, 3.63) is 59.7 Å². The molecule has 1 atom stereocenters. The van der Waals surface area contributed by atoms with Gasteiger partial charge in [0.15, 0.2) is 0 Å². The summed E-state index contributed by atoms with van der Waals surface area (Å²) in [6.45, 7) is 6.80. The molecule has 1 aliphatic rings. The van der Waals surface area contributed by atoms with Crippen molar-refractivity contribution in [3.8, 4) is 5.75 Å². The minimum atomic E-state index is -3.62. The van der Waals surface area contributed by atoms with Crippen LogP contribution >= 0.6 is 0 Å². The first-order chi connectivity index (χ1) is 15.9. The highest BCUT2D eigenvalue weighted by molar-refractivity contribution is 7.89. The average molecular weight is 474 g/mol. The molecule has 1 aliphatic heterocycles. The number of rotatable bonds is 10. The van der Waals surface area contributed by atoms with Gasteiger partial charge in [0.2, 0.25) is 10.0 Å². The fourth-order valence-corrected chi connectivity index (χ4v) is 5.82. The molecular weight excluding hydrogens is 438 g/mol. The second kappa shape index (κ2) is 11.6. The van der Waals surface area contributed by atoms with Crippen LogP contribution in [0.25, 0.3) is 0 Å². The molecule has 1 amide bonds. The highest BCUT2D eigenvalue weighted by atomic mass is 32.2. The van der Waals surface area contributed by atoms with Gasteiger partial charge in [-0.2, -0.15) is 4.31 Å². The summed E-state index contributed by atoms with van der Waals surface area (Å²) >= 11 is 0. The van der Waals surface area contributed by atoms with E-state index in [-0.39, 0.29) is 16.8 Å². The van der Waals surface area contributed by atoms with Crippen LogP contribution in [0.5, 0.6) is 5.75 Å². The van der Waals surface area contributed by atoms with E-state index in [0.717, 1.165) is 37.2 Å². The lowest BCUT2D eigenvalue weighted by Gasteiger charge is -2.35. The smallest absolute Gasteiger partial charge is 0.251 e. The first-order valence-corrected chi connectivity index (χ1v) is 13.1. The van der Waals surface area contributed by atoms with E-state index in [1.54, 1.807) is 39.2 Å². The van der Waals surface area contributed by atoms with Crippen LogP contribution < -0.4 is 10.1 Å². The molecule has 0 spiro atoms. The minimum absolute atomic E-state index is 0.0442. The molecule has 8 heteroatoms. The van der Waals surface area contributed by atoms with Crippen LogP contribution in [0.3, 0.4) is 0 Å². The van der Waals surface area contributed by atoms with Gasteiger partial charge in [-0.3, -0.25) is 9.69 Å². The first kappa shape index (κ1) is 25.2. The zero-order chi connectivity index (χ0) is 23.8. The summed E-state index contributed by atoms with van der Waals surface area (Å²) in [6, 6.07) is 14.3. The van der Waals surface area contributed by atoms with Crippen LogP contribution in [-0.4, -0.2) is 63.4 Å². The van der Waals surface area contributed by atoms with Gasteiger partial charge in [-0.05, 0) is 61.8 Å². The van der Waals surface area contributed by atoms with E-state index >= 15 is 0 Å². The third-order valence-corrected chi connectivity index (χ3v) is 8.27. The van der Waals surface area contributed by atoms with Gasteiger partial charge in [0.1, 0.15) is 5.75 Å². The van der Waals surface area contributed by atoms with Gasteiger partial charge >= 0.3 is 0 Å². The van der Waals surface area contributed by atoms with Crippen LogP contribution in [0.4, 0.5) is 0 Å². The maximum absolute atomic E-state index is 13.0. The quantitative estimate of drug-likeness (QED) is 0.569. The van der Waals surface area contributed by atoms with Crippen molar-refractivity contribution in [2.45, 2.75) is 44.0 Å². The predicted molar refractivity (Wildman–Crippen MR) is 130 cm³/mol. The number of piperidine rings is 1. The second-order valence-electron chi connectivity index (χ2n) is 8.21. The molecule has 1 unspecified atom stereocenters. The molecule has 180 valence electrons. The van der Waals surface area contributed by atoms with Gasteiger partial charge in [0, 0.05) is 25.2 Å². The predicted octanol–water partition coefficient (Wildman–Crippen LogP) is 3.68. The summed E-state index contributed by atoms with van der Waals surface area (Å²) in [7, 11) is -1.98. The Bertz CT molecular complexity index is 1010. The Morgan fingerprint density at radius 1 is 1.06 bits per heavy atom. The molecule has 0 bridgehead atoms. The van der Waals surface area contributed by atoms with E-state index in [9.17, 15) is 13.2 Å². The first-order valence-electron chi connectivity index (χ1n) is 11.7. The Balaban J connectivity index is 1.77. The van der Waals surface area contributed by atoms with Crippen molar-refractivity contribution >= 4 is 15.9 Å². The molecule has 0 aromatic heterocycles. The van der Waals surface area contributed by atoms with Crippen LogP contribution in [0.1, 0.15) is 55.1 Å². The number of nitrogens with one attached hydrogen (secondary N) is 1.